The molecule has 2 heterocycles. The molecule has 1 aliphatic heterocycles. The minimum Gasteiger partial charge on any atom is -0.396 e. The molecular formula is C12H17F3N2OS. The Bertz CT molecular complexity index is 429. The molecule has 1 aromatic rings. The fraction of sp³-hybridized carbons (Fsp3) is 0.750. The molecule has 0 amide bonds. The van der Waals surface area contributed by atoms with Crippen LogP contribution in [-0.2, 0) is 6.18 Å². The molecule has 0 saturated carbocycles. The van der Waals surface area contributed by atoms with Crippen molar-refractivity contribution in [1.82, 2.24) is 4.98 Å². The lowest BCUT2D eigenvalue weighted by molar-refractivity contribution is -0.134. The van der Waals surface area contributed by atoms with Crippen molar-refractivity contribution in [3.63, 3.8) is 0 Å². The van der Waals surface area contributed by atoms with E-state index in [9.17, 15) is 18.3 Å². The van der Waals surface area contributed by atoms with Crippen molar-refractivity contribution in [3.8, 4) is 0 Å². The molecule has 7 heteroatoms. The van der Waals surface area contributed by atoms with Gasteiger partial charge in [-0.1, -0.05) is 18.3 Å². The van der Waals surface area contributed by atoms with Gasteiger partial charge in [-0.3, -0.25) is 0 Å². The Kier molecular flexibility index (Phi) is 4.06. The number of hydrogen-bond donors (Lipinski definition) is 1. The third-order valence-corrected chi connectivity index (χ3v) is 4.89. The second kappa shape index (κ2) is 5.28. The van der Waals surface area contributed by atoms with Gasteiger partial charge in [-0.2, -0.15) is 13.2 Å². The standard InChI is InChI=1S/C12H17F3N2OS/c1-2-11(8-18)4-3-5-17(7-11)10-16-6-9(19-10)12(13,14)15/h6,18H,2-5,7-8H2,1H3. The number of rotatable bonds is 3. The Morgan fingerprint density at radius 1 is 1.53 bits per heavy atom. The maximum Gasteiger partial charge on any atom is 0.427 e. The lowest BCUT2D eigenvalue weighted by atomic mass is 9.78. The summed E-state index contributed by atoms with van der Waals surface area (Å²) in [5.74, 6) is 0. The van der Waals surface area contributed by atoms with Crippen LogP contribution in [0.2, 0.25) is 0 Å². The van der Waals surface area contributed by atoms with E-state index in [4.69, 9.17) is 0 Å². The lowest BCUT2D eigenvalue weighted by Gasteiger charge is -2.41. The van der Waals surface area contributed by atoms with Crippen LogP contribution in [0.15, 0.2) is 6.20 Å². The van der Waals surface area contributed by atoms with Crippen LogP contribution in [0.1, 0.15) is 31.1 Å². The van der Waals surface area contributed by atoms with Gasteiger partial charge in [0.25, 0.3) is 0 Å². The minimum absolute atomic E-state index is 0.0670. The van der Waals surface area contributed by atoms with Crippen LogP contribution in [0.3, 0.4) is 0 Å². The Hall–Kier alpha value is -0.820. The summed E-state index contributed by atoms with van der Waals surface area (Å²) >= 11 is 0.676. The number of halogens is 3. The van der Waals surface area contributed by atoms with Crippen LogP contribution in [-0.4, -0.2) is 29.8 Å². The second-order valence-corrected chi connectivity index (χ2v) is 6.05. The van der Waals surface area contributed by atoms with E-state index in [0.717, 1.165) is 25.5 Å². The van der Waals surface area contributed by atoms with Crippen molar-refractivity contribution in [2.45, 2.75) is 32.4 Å². The first kappa shape index (κ1) is 14.6. The monoisotopic (exact) mass is 294 g/mol. The summed E-state index contributed by atoms with van der Waals surface area (Å²) in [5, 5.41) is 9.92. The first-order chi connectivity index (χ1) is 8.90. The third kappa shape index (κ3) is 3.02. The zero-order valence-corrected chi connectivity index (χ0v) is 11.5. The number of hydrogen-bond acceptors (Lipinski definition) is 4. The number of anilines is 1. The van der Waals surface area contributed by atoms with E-state index in [0.29, 0.717) is 29.6 Å². The van der Waals surface area contributed by atoms with E-state index in [2.05, 4.69) is 4.98 Å². The quantitative estimate of drug-likeness (QED) is 0.930. The number of piperidine rings is 1. The Morgan fingerprint density at radius 2 is 2.26 bits per heavy atom. The van der Waals surface area contributed by atoms with Gasteiger partial charge >= 0.3 is 6.18 Å². The van der Waals surface area contributed by atoms with Gasteiger partial charge in [0, 0.05) is 18.5 Å². The SMILES string of the molecule is CCC1(CO)CCCN(c2ncc(C(F)(F)F)s2)C1. The maximum absolute atomic E-state index is 12.6. The molecule has 108 valence electrons. The fourth-order valence-electron chi connectivity index (χ4n) is 2.44. The molecule has 1 N–H and O–H groups in total. The Labute approximate surface area is 114 Å². The summed E-state index contributed by atoms with van der Waals surface area (Å²) in [4.78, 5) is 5.08. The van der Waals surface area contributed by atoms with E-state index < -0.39 is 11.1 Å². The minimum atomic E-state index is -4.33. The van der Waals surface area contributed by atoms with Crippen molar-refractivity contribution < 1.29 is 18.3 Å². The maximum atomic E-state index is 12.6. The summed E-state index contributed by atoms with van der Waals surface area (Å²) in [7, 11) is 0. The van der Waals surface area contributed by atoms with Crippen molar-refractivity contribution in [2.24, 2.45) is 5.41 Å². The van der Waals surface area contributed by atoms with Crippen molar-refractivity contribution >= 4 is 16.5 Å². The van der Waals surface area contributed by atoms with Crippen LogP contribution in [0.25, 0.3) is 0 Å². The molecule has 1 fully saturated rings. The summed E-state index contributed by atoms with van der Waals surface area (Å²) in [5.41, 5.74) is -0.206. The van der Waals surface area contributed by atoms with Crippen LogP contribution in [0, 0.1) is 5.41 Å². The van der Waals surface area contributed by atoms with Gasteiger partial charge in [-0.05, 0) is 19.3 Å². The smallest absolute Gasteiger partial charge is 0.396 e. The van der Waals surface area contributed by atoms with Crippen molar-refractivity contribution in [3.05, 3.63) is 11.1 Å². The molecule has 1 saturated heterocycles. The summed E-state index contributed by atoms with van der Waals surface area (Å²) in [6, 6.07) is 0. The Morgan fingerprint density at radius 3 is 2.79 bits per heavy atom. The molecule has 0 radical (unpaired) electrons. The lowest BCUT2D eigenvalue weighted by Crippen LogP contribution is -2.45. The van der Waals surface area contributed by atoms with Gasteiger partial charge in [0.15, 0.2) is 5.13 Å². The number of aliphatic hydroxyl groups is 1. The average Bonchev–Trinajstić information content (AvgIpc) is 2.88. The van der Waals surface area contributed by atoms with Crippen molar-refractivity contribution in [1.29, 1.82) is 0 Å². The molecule has 3 nitrogen and oxygen atoms in total. The van der Waals surface area contributed by atoms with E-state index in [1.165, 1.54) is 0 Å². The first-order valence-corrected chi connectivity index (χ1v) is 7.11. The molecule has 1 unspecified atom stereocenters. The molecule has 1 aliphatic rings. The van der Waals surface area contributed by atoms with E-state index in [1.54, 1.807) is 0 Å². The van der Waals surface area contributed by atoms with Crippen LogP contribution >= 0.6 is 11.3 Å². The normalized spacial score (nSPS) is 24.8. The zero-order valence-electron chi connectivity index (χ0n) is 10.7. The van der Waals surface area contributed by atoms with E-state index >= 15 is 0 Å². The van der Waals surface area contributed by atoms with E-state index in [-0.39, 0.29) is 12.0 Å². The highest BCUT2D eigenvalue weighted by atomic mass is 32.1. The van der Waals surface area contributed by atoms with Gasteiger partial charge in [0.2, 0.25) is 0 Å². The van der Waals surface area contributed by atoms with Crippen LogP contribution in [0.5, 0.6) is 0 Å². The van der Waals surface area contributed by atoms with E-state index in [1.807, 2.05) is 11.8 Å². The molecule has 0 spiro atoms. The van der Waals surface area contributed by atoms with Crippen molar-refractivity contribution in [2.75, 3.05) is 24.6 Å². The van der Waals surface area contributed by atoms with Gasteiger partial charge in [0.1, 0.15) is 4.88 Å². The van der Waals surface area contributed by atoms with Gasteiger partial charge < -0.3 is 10.0 Å². The predicted molar refractivity (Wildman–Crippen MR) is 68.4 cm³/mol. The predicted octanol–water partition coefficient (Wildman–Crippen LogP) is 3.15. The summed E-state index contributed by atoms with van der Waals surface area (Å²) < 4.78 is 37.7. The molecule has 2 rings (SSSR count). The third-order valence-electron chi connectivity index (χ3n) is 3.79. The Balaban J connectivity index is 2.16. The fourth-order valence-corrected chi connectivity index (χ4v) is 3.25. The van der Waals surface area contributed by atoms with Crippen LogP contribution in [0.4, 0.5) is 18.3 Å². The number of aromatic nitrogens is 1. The van der Waals surface area contributed by atoms with Crippen LogP contribution < -0.4 is 4.90 Å². The summed E-state index contributed by atoms with van der Waals surface area (Å²) in [6.45, 7) is 3.34. The molecule has 1 atom stereocenters. The first-order valence-electron chi connectivity index (χ1n) is 6.29. The number of thiazole rings is 1. The number of aliphatic hydroxyl groups excluding tert-OH is 1. The second-order valence-electron chi connectivity index (χ2n) is 5.04. The highest BCUT2D eigenvalue weighted by molar-refractivity contribution is 7.15. The molecular weight excluding hydrogens is 277 g/mol. The topological polar surface area (TPSA) is 36.4 Å². The average molecular weight is 294 g/mol. The van der Waals surface area contributed by atoms with Gasteiger partial charge in [-0.15, -0.1) is 0 Å². The molecule has 19 heavy (non-hydrogen) atoms. The zero-order chi connectivity index (χ0) is 14.1. The molecule has 1 aromatic heterocycles. The summed E-state index contributed by atoms with van der Waals surface area (Å²) in [6.07, 6.45) is -0.841. The molecule has 0 bridgehead atoms. The van der Waals surface area contributed by atoms with Gasteiger partial charge in [0.05, 0.1) is 12.8 Å². The molecule has 0 aliphatic carbocycles. The highest BCUT2D eigenvalue weighted by Crippen LogP contribution is 2.39. The number of nitrogens with zero attached hydrogens (tertiary/aromatic N) is 2. The number of alkyl halides is 3. The van der Waals surface area contributed by atoms with Gasteiger partial charge in [-0.25, -0.2) is 4.98 Å². The largest absolute Gasteiger partial charge is 0.427 e. The molecule has 0 aromatic carbocycles. The highest BCUT2D eigenvalue weighted by Gasteiger charge is 2.37.